The van der Waals surface area contributed by atoms with Gasteiger partial charge in [-0.15, -0.1) is 0 Å². The summed E-state index contributed by atoms with van der Waals surface area (Å²) in [6.45, 7) is 0. The Morgan fingerprint density at radius 1 is 1.17 bits per heavy atom. The van der Waals surface area contributed by atoms with Crippen molar-refractivity contribution in [1.29, 1.82) is 0 Å². The summed E-state index contributed by atoms with van der Waals surface area (Å²) in [5.41, 5.74) is 3.62. The monoisotopic (exact) mass is 369 g/mol. The SMILES string of the molecule is O=C(O)c1ccccc1[C@@H]1Nc2ccc(Br)cc2[C@H]2C=CC[C@H]21. The summed E-state index contributed by atoms with van der Waals surface area (Å²) in [4.78, 5) is 11.6. The minimum atomic E-state index is -0.869. The lowest BCUT2D eigenvalue weighted by Gasteiger charge is -2.38. The second-order valence-electron chi connectivity index (χ2n) is 6.10. The van der Waals surface area contributed by atoms with E-state index in [1.807, 2.05) is 18.2 Å². The quantitative estimate of drug-likeness (QED) is 0.734. The number of aromatic carboxylic acids is 1. The van der Waals surface area contributed by atoms with Crippen molar-refractivity contribution < 1.29 is 9.90 Å². The van der Waals surface area contributed by atoms with E-state index in [0.29, 0.717) is 17.4 Å². The number of allylic oxidation sites excluding steroid dienone is 2. The van der Waals surface area contributed by atoms with Gasteiger partial charge in [-0.25, -0.2) is 4.79 Å². The lowest BCUT2D eigenvalue weighted by Crippen LogP contribution is -2.30. The van der Waals surface area contributed by atoms with Gasteiger partial charge in [0.1, 0.15) is 0 Å². The Kier molecular flexibility index (Phi) is 3.49. The molecule has 0 saturated heterocycles. The van der Waals surface area contributed by atoms with Crippen LogP contribution in [0.4, 0.5) is 5.69 Å². The molecule has 0 radical (unpaired) electrons. The number of fused-ring (bicyclic) bond motifs is 3. The van der Waals surface area contributed by atoms with E-state index in [-0.39, 0.29) is 6.04 Å². The Morgan fingerprint density at radius 3 is 2.83 bits per heavy atom. The van der Waals surface area contributed by atoms with Gasteiger partial charge >= 0.3 is 5.97 Å². The van der Waals surface area contributed by atoms with Crippen LogP contribution >= 0.6 is 15.9 Å². The van der Waals surface area contributed by atoms with Gasteiger partial charge in [0.25, 0.3) is 0 Å². The normalized spacial score (nSPS) is 24.7. The molecule has 0 spiro atoms. The van der Waals surface area contributed by atoms with Gasteiger partial charge in [0, 0.05) is 16.1 Å². The summed E-state index contributed by atoms with van der Waals surface area (Å²) >= 11 is 3.55. The maximum Gasteiger partial charge on any atom is 0.336 e. The highest BCUT2D eigenvalue weighted by atomic mass is 79.9. The molecule has 0 amide bonds. The summed E-state index contributed by atoms with van der Waals surface area (Å²) in [7, 11) is 0. The van der Waals surface area contributed by atoms with Gasteiger partial charge in [-0.2, -0.15) is 0 Å². The van der Waals surface area contributed by atoms with Gasteiger partial charge in [-0.05, 0) is 47.7 Å². The maximum absolute atomic E-state index is 11.6. The highest BCUT2D eigenvalue weighted by molar-refractivity contribution is 9.10. The fraction of sp³-hybridized carbons (Fsp3) is 0.211. The number of anilines is 1. The van der Waals surface area contributed by atoms with Crippen molar-refractivity contribution in [2.75, 3.05) is 5.32 Å². The Bertz CT molecular complexity index is 815. The van der Waals surface area contributed by atoms with E-state index < -0.39 is 5.97 Å². The zero-order chi connectivity index (χ0) is 16.0. The molecule has 3 nitrogen and oxygen atoms in total. The molecule has 23 heavy (non-hydrogen) atoms. The number of nitrogens with one attached hydrogen (secondary N) is 1. The first-order valence-electron chi connectivity index (χ1n) is 7.70. The third-order valence-corrected chi connectivity index (χ3v) is 5.34. The first-order valence-corrected chi connectivity index (χ1v) is 8.49. The zero-order valence-corrected chi connectivity index (χ0v) is 14.0. The van der Waals surface area contributed by atoms with Crippen molar-refractivity contribution >= 4 is 27.6 Å². The van der Waals surface area contributed by atoms with E-state index in [2.05, 4.69) is 45.5 Å². The molecule has 0 saturated carbocycles. The average molecular weight is 370 g/mol. The minimum absolute atomic E-state index is 0.0102. The highest BCUT2D eigenvalue weighted by Crippen LogP contribution is 2.50. The van der Waals surface area contributed by atoms with Crippen LogP contribution in [-0.4, -0.2) is 11.1 Å². The van der Waals surface area contributed by atoms with Gasteiger partial charge in [0.15, 0.2) is 0 Å². The van der Waals surface area contributed by atoms with Crippen molar-refractivity contribution in [1.82, 2.24) is 0 Å². The molecule has 1 aliphatic carbocycles. The van der Waals surface area contributed by atoms with Crippen LogP contribution in [-0.2, 0) is 0 Å². The number of hydrogen-bond acceptors (Lipinski definition) is 2. The van der Waals surface area contributed by atoms with E-state index in [1.165, 1.54) is 5.56 Å². The van der Waals surface area contributed by atoms with Gasteiger partial charge in [-0.1, -0.05) is 46.3 Å². The van der Waals surface area contributed by atoms with Crippen molar-refractivity contribution in [2.24, 2.45) is 5.92 Å². The summed E-state index contributed by atoms with van der Waals surface area (Å²) in [6.07, 6.45) is 5.43. The molecule has 0 bridgehead atoms. The van der Waals surface area contributed by atoms with E-state index in [4.69, 9.17) is 0 Å². The summed E-state index contributed by atoms with van der Waals surface area (Å²) in [5.74, 6) is -0.195. The van der Waals surface area contributed by atoms with Crippen LogP contribution in [0.5, 0.6) is 0 Å². The predicted octanol–water partition coefficient (Wildman–Crippen LogP) is 4.97. The smallest absolute Gasteiger partial charge is 0.336 e. The van der Waals surface area contributed by atoms with Crippen molar-refractivity contribution in [3.63, 3.8) is 0 Å². The Balaban J connectivity index is 1.83. The molecule has 3 atom stereocenters. The largest absolute Gasteiger partial charge is 0.478 e. The van der Waals surface area contributed by atoms with Crippen LogP contribution in [0.15, 0.2) is 59.1 Å². The standard InChI is InChI=1S/C19H16BrNO2/c20-11-8-9-17-16(10-11)12-6-3-7-13(12)18(21-17)14-4-1-2-5-15(14)19(22)23/h1-6,8-10,12-13,18,21H,7H2,(H,22,23)/t12-,13+,18+/m0/s1. The lowest BCUT2D eigenvalue weighted by atomic mass is 9.76. The fourth-order valence-corrected chi connectivity index (χ4v) is 4.21. The van der Waals surface area contributed by atoms with Crippen LogP contribution in [0.25, 0.3) is 0 Å². The van der Waals surface area contributed by atoms with E-state index in [0.717, 1.165) is 22.1 Å². The topological polar surface area (TPSA) is 49.3 Å². The number of rotatable bonds is 2. The Labute approximate surface area is 143 Å². The molecule has 2 aliphatic rings. The van der Waals surface area contributed by atoms with E-state index in [1.54, 1.807) is 12.1 Å². The molecular weight excluding hydrogens is 354 g/mol. The van der Waals surface area contributed by atoms with Crippen LogP contribution in [0, 0.1) is 5.92 Å². The molecule has 1 heterocycles. The Hall–Kier alpha value is -2.07. The van der Waals surface area contributed by atoms with Crippen molar-refractivity contribution in [3.05, 3.63) is 75.8 Å². The molecular formula is C19H16BrNO2. The first kappa shape index (κ1) is 14.5. The molecule has 4 heteroatoms. The number of carbonyl (C=O) groups is 1. The number of halogens is 1. The van der Waals surface area contributed by atoms with Crippen LogP contribution < -0.4 is 5.32 Å². The molecule has 4 rings (SSSR count). The predicted molar refractivity (Wildman–Crippen MR) is 93.9 cm³/mol. The molecule has 1 aliphatic heterocycles. The van der Waals surface area contributed by atoms with Gasteiger partial charge < -0.3 is 10.4 Å². The number of carboxylic acid groups (broad SMARTS) is 1. The van der Waals surface area contributed by atoms with Crippen molar-refractivity contribution in [2.45, 2.75) is 18.4 Å². The maximum atomic E-state index is 11.6. The van der Waals surface area contributed by atoms with Crippen LogP contribution in [0.1, 0.15) is 39.9 Å². The molecule has 2 aromatic carbocycles. The number of carboxylic acids is 1. The van der Waals surface area contributed by atoms with Crippen LogP contribution in [0.2, 0.25) is 0 Å². The summed E-state index contributed by atoms with van der Waals surface area (Å²) in [6, 6.07) is 13.6. The second-order valence-corrected chi connectivity index (χ2v) is 7.02. The van der Waals surface area contributed by atoms with Gasteiger partial charge in [0.2, 0.25) is 0 Å². The molecule has 116 valence electrons. The zero-order valence-electron chi connectivity index (χ0n) is 12.4. The minimum Gasteiger partial charge on any atom is -0.478 e. The molecule has 2 aromatic rings. The second kappa shape index (κ2) is 5.53. The van der Waals surface area contributed by atoms with Gasteiger partial charge in [0.05, 0.1) is 11.6 Å². The third kappa shape index (κ3) is 2.38. The summed E-state index contributed by atoms with van der Waals surface area (Å²) < 4.78 is 1.07. The summed E-state index contributed by atoms with van der Waals surface area (Å²) in [5, 5.41) is 13.1. The molecule has 2 N–H and O–H groups in total. The Morgan fingerprint density at radius 2 is 2.00 bits per heavy atom. The van der Waals surface area contributed by atoms with E-state index in [9.17, 15) is 9.90 Å². The lowest BCUT2D eigenvalue weighted by molar-refractivity contribution is 0.0694. The molecule has 0 aromatic heterocycles. The van der Waals surface area contributed by atoms with Crippen molar-refractivity contribution in [3.8, 4) is 0 Å². The van der Waals surface area contributed by atoms with Crippen LogP contribution in [0.3, 0.4) is 0 Å². The number of hydrogen-bond donors (Lipinski definition) is 2. The third-order valence-electron chi connectivity index (χ3n) is 4.85. The highest BCUT2D eigenvalue weighted by Gasteiger charge is 2.39. The average Bonchev–Trinajstić information content (AvgIpc) is 3.04. The first-order chi connectivity index (χ1) is 11.1. The fourth-order valence-electron chi connectivity index (χ4n) is 3.84. The van der Waals surface area contributed by atoms with Gasteiger partial charge in [-0.3, -0.25) is 0 Å². The molecule has 0 unspecified atom stereocenters. The molecule has 0 fully saturated rings. The van der Waals surface area contributed by atoms with E-state index >= 15 is 0 Å². The number of benzene rings is 2.